The van der Waals surface area contributed by atoms with Gasteiger partial charge in [0.25, 0.3) is 5.69 Å². The molecule has 0 bridgehead atoms. The molecule has 6 heteroatoms. The van der Waals surface area contributed by atoms with Gasteiger partial charge in [-0.3, -0.25) is 14.7 Å². The van der Waals surface area contributed by atoms with Gasteiger partial charge in [-0.05, 0) is 18.2 Å². The quantitative estimate of drug-likeness (QED) is 0.196. The molecule has 1 N–H and O–H groups in total. The second-order valence-electron chi connectivity index (χ2n) is 5.87. The Morgan fingerprint density at radius 2 is 1.88 bits per heavy atom. The first-order valence-electron chi connectivity index (χ1n) is 8.05. The van der Waals surface area contributed by atoms with E-state index in [4.69, 9.17) is 4.42 Å². The molecule has 0 radical (unpaired) electrons. The Kier molecular flexibility index (Phi) is 3.85. The maximum absolute atomic E-state index is 10.9. The number of rotatable bonds is 5. The zero-order valence-electron chi connectivity index (χ0n) is 13.9. The van der Waals surface area contributed by atoms with Crippen molar-refractivity contribution in [3.8, 4) is 11.5 Å². The number of carbonyl (C=O) groups excluding carboxylic acids is 1. The van der Waals surface area contributed by atoms with Crippen molar-refractivity contribution in [3.05, 3.63) is 72.0 Å². The summed E-state index contributed by atoms with van der Waals surface area (Å²) in [5, 5.41) is 15.4. The molecule has 0 unspecified atom stereocenters. The molecule has 0 aliphatic carbocycles. The molecule has 128 valence electrons. The Labute approximate surface area is 149 Å². The first-order chi connectivity index (χ1) is 12.7. The first kappa shape index (κ1) is 15.8. The van der Waals surface area contributed by atoms with Crippen LogP contribution in [0.3, 0.4) is 0 Å². The first-order valence-corrected chi connectivity index (χ1v) is 8.05. The van der Waals surface area contributed by atoms with Crippen molar-refractivity contribution in [1.29, 1.82) is 0 Å². The van der Waals surface area contributed by atoms with Gasteiger partial charge in [-0.2, -0.15) is 5.10 Å². The van der Waals surface area contributed by atoms with E-state index in [1.807, 2.05) is 47.1 Å². The van der Waals surface area contributed by atoms with Crippen LogP contribution < -0.4 is 0 Å². The summed E-state index contributed by atoms with van der Waals surface area (Å²) in [6, 6.07) is 18.6. The lowest BCUT2D eigenvalue weighted by Crippen LogP contribution is -2.06. The molecule has 0 aliphatic rings. The van der Waals surface area contributed by atoms with E-state index in [1.165, 1.54) is 0 Å². The molecule has 2 heterocycles. The summed E-state index contributed by atoms with van der Waals surface area (Å²) in [6.45, 7) is 4.00. The zero-order valence-corrected chi connectivity index (χ0v) is 13.9. The molecule has 0 amide bonds. The summed E-state index contributed by atoms with van der Waals surface area (Å²) in [7, 11) is 0. The summed E-state index contributed by atoms with van der Waals surface area (Å²) in [6.07, 6.45) is 0.670. The number of fused-ring (bicyclic) bond motifs is 1. The van der Waals surface area contributed by atoms with Gasteiger partial charge in [0.05, 0.1) is 12.1 Å². The molecule has 0 saturated heterocycles. The fraction of sp³-hybridized carbons (Fsp3) is 0.0500. The maximum Gasteiger partial charge on any atom is 0.261 e. The number of para-hydroxylation sites is 2. The highest BCUT2D eigenvalue weighted by Crippen LogP contribution is 2.30. The van der Waals surface area contributed by atoms with Gasteiger partial charge in [0.15, 0.2) is 24.5 Å². The third-order valence-electron chi connectivity index (χ3n) is 4.22. The normalized spacial score (nSPS) is 10.9. The molecule has 2 aromatic heterocycles. The molecule has 0 atom stereocenters. The van der Waals surface area contributed by atoms with Crippen LogP contribution in [0.5, 0.6) is 0 Å². The van der Waals surface area contributed by atoms with E-state index >= 15 is 0 Å². The monoisotopic (exact) mass is 346 g/mol. The third kappa shape index (κ3) is 2.67. The lowest BCUT2D eigenvalue weighted by atomic mass is 10.1. The lowest BCUT2D eigenvalue weighted by molar-refractivity contribution is -0.706. The van der Waals surface area contributed by atoms with Crippen LogP contribution in [0.1, 0.15) is 16.1 Å². The number of furan rings is 1. The molecule has 4 aromatic rings. The zero-order chi connectivity index (χ0) is 18.1. The molecule has 26 heavy (non-hydrogen) atoms. The van der Waals surface area contributed by atoms with Gasteiger partial charge in [-0.15, -0.1) is 0 Å². The van der Waals surface area contributed by atoms with Crippen LogP contribution in [-0.4, -0.2) is 32.7 Å². The predicted molar refractivity (Wildman–Crippen MR) is 97.2 cm³/mol. The van der Waals surface area contributed by atoms with Crippen LogP contribution in [0.25, 0.3) is 22.4 Å². The van der Waals surface area contributed by atoms with Gasteiger partial charge >= 0.3 is 0 Å². The third-order valence-corrected chi connectivity index (χ3v) is 4.22. The maximum atomic E-state index is 10.9. The van der Waals surface area contributed by atoms with Crippen LogP contribution in [0.15, 0.2) is 65.1 Å². The Balaban J connectivity index is 1.84. The summed E-state index contributed by atoms with van der Waals surface area (Å²) in [4.78, 5) is 10.9. The van der Waals surface area contributed by atoms with Crippen molar-refractivity contribution >= 4 is 29.6 Å². The number of carbonyl (C=O) groups is 1. The van der Waals surface area contributed by atoms with Crippen molar-refractivity contribution < 1.29 is 19.2 Å². The average molecular weight is 346 g/mol. The average Bonchev–Trinajstić information content (AvgIpc) is 3.27. The highest BCUT2D eigenvalue weighted by atomic mass is 16.5. The summed E-state index contributed by atoms with van der Waals surface area (Å²) in [5.41, 5.74) is 3.07. The minimum atomic E-state index is 0.261. The highest BCUT2D eigenvalue weighted by Gasteiger charge is 2.18. The van der Waals surface area contributed by atoms with Crippen molar-refractivity contribution in [1.82, 2.24) is 9.78 Å². The number of hydrogen-bond acceptors (Lipinski definition) is 4. The molecule has 0 spiro atoms. The van der Waals surface area contributed by atoms with E-state index in [2.05, 4.69) is 11.8 Å². The Morgan fingerprint density at radius 1 is 1.12 bits per heavy atom. The van der Waals surface area contributed by atoms with E-state index < -0.39 is 0 Å². The van der Waals surface area contributed by atoms with Crippen molar-refractivity contribution in [3.63, 3.8) is 0 Å². The van der Waals surface area contributed by atoms with Gasteiger partial charge in [0, 0.05) is 21.8 Å². The fourth-order valence-corrected chi connectivity index (χ4v) is 3.03. The van der Waals surface area contributed by atoms with E-state index in [-0.39, 0.29) is 5.76 Å². The SMILES string of the molecule is C=[N+](O)c1ccccc1Cn1nc(-c2ccc(C=O)o2)c2ccccc21. The Morgan fingerprint density at radius 3 is 2.65 bits per heavy atom. The molecule has 0 aliphatic heterocycles. The van der Waals surface area contributed by atoms with Crippen LogP contribution in [0.4, 0.5) is 5.69 Å². The van der Waals surface area contributed by atoms with Crippen LogP contribution in [-0.2, 0) is 6.54 Å². The number of aromatic nitrogens is 2. The van der Waals surface area contributed by atoms with Crippen molar-refractivity contribution in [2.24, 2.45) is 0 Å². The summed E-state index contributed by atoms with van der Waals surface area (Å²) < 4.78 is 8.25. The van der Waals surface area contributed by atoms with Gasteiger partial charge in [0.1, 0.15) is 5.69 Å². The van der Waals surface area contributed by atoms with Gasteiger partial charge in [0.2, 0.25) is 0 Å². The van der Waals surface area contributed by atoms with E-state index in [9.17, 15) is 10.0 Å². The molecular weight excluding hydrogens is 330 g/mol. The van der Waals surface area contributed by atoms with Gasteiger partial charge in [-0.1, -0.05) is 36.4 Å². The lowest BCUT2D eigenvalue weighted by Gasteiger charge is -2.05. The topological polar surface area (TPSA) is 71.3 Å². The second kappa shape index (κ2) is 6.33. The van der Waals surface area contributed by atoms with E-state index in [1.54, 1.807) is 18.2 Å². The second-order valence-corrected chi connectivity index (χ2v) is 5.87. The molecule has 0 saturated carbocycles. The fourth-order valence-electron chi connectivity index (χ4n) is 3.03. The van der Waals surface area contributed by atoms with Gasteiger partial charge < -0.3 is 4.42 Å². The smallest absolute Gasteiger partial charge is 0.261 e. The van der Waals surface area contributed by atoms with Crippen LogP contribution in [0.2, 0.25) is 0 Å². The molecule has 4 rings (SSSR count). The molecule has 2 aromatic carbocycles. The van der Waals surface area contributed by atoms with Crippen LogP contribution in [0, 0.1) is 0 Å². The summed E-state index contributed by atoms with van der Waals surface area (Å²) in [5.74, 6) is 0.799. The van der Waals surface area contributed by atoms with Crippen LogP contribution >= 0.6 is 0 Å². The number of aldehydes is 1. The highest BCUT2D eigenvalue weighted by molar-refractivity contribution is 5.92. The molecular formula is C20H16N3O3+. The molecule has 0 fully saturated rings. The number of nitrogens with zero attached hydrogens (tertiary/aromatic N) is 3. The van der Waals surface area contributed by atoms with E-state index in [0.29, 0.717) is 30.0 Å². The Bertz CT molecular complexity index is 1120. The van der Waals surface area contributed by atoms with E-state index in [0.717, 1.165) is 21.2 Å². The largest absolute Gasteiger partial charge is 0.452 e. The number of benzene rings is 2. The van der Waals surface area contributed by atoms with Gasteiger partial charge in [-0.25, -0.2) is 0 Å². The number of hydrogen-bond donors (Lipinski definition) is 1. The Hall–Kier alpha value is -3.67. The van der Waals surface area contributed by atoms with Crippen molar-refractivity contribution in [2.75, 3.05) is 0 Å². The van der Waals surface area contributed by atoms with Crippen molar-refractivity contribution in [2.45, 2.75) is 6.54 Å². The summed E-state index contributed by atoms with van der Waals surface area (Å²) >= 11 is 0. The minimum absolute atomic E-state index is 0.261. The molecule has 6 nitrogen and oxygen atoms in total. The minimum Gasteiger partial charge on any atom is -0.452 e. The predicted octanol–water partition coefficient (Wildman–Crippen LogP) is 3.89. The standard InChI is InChI=1S/C20H16N3O3/c1-22(25)17-8-4-2-6-14(17)12-23-18-9-5-3-7-16(18)20(21-23)19-11-10-15(13-24)26-19/h2-11,13,25H,1,12H2/q+1.